The maximum absolute atomic E-state index is 11.4. The van der Waals surface area contributed by atoms with Gasteiger partial charge in [-0.25, -0.2) is 4.79 Å². The smallest absolute Gasteiger partial charge is 0.363 e. The van der Waals surface area contributed by atoms with E-state index in [0.717, 1.165) is 12.8 Å². The van der Waals surface area contributed by atoms with Gasteiger partial charge in [-0.2, -0.15) is 13.2 Å². The van der Waals surface area contributed by atoms with Crippen molar-refractivity contribution in [3.63, 3.8) is 0 Å². The molecule has 0 radical (unpaired) electrons. The first-order valence-corrected chi connectivity index (χ1v) is 3.03. The van der Waals surface area contributed by atoms with Crippen LogP contribution in [0.4, 0.5) is 13.2 Å². The van der Waals surface area contributed by atoms with Gasteiger partial charge in [0, 0.05) is 6.04 Å². The van der Waals surface area contributed by atoms with Crippen LogP contribution in [-0.4, -0.2) is 18.2 Å². The molecule has 0 amide bonds. The number of rotatable bonds is 2. The van der Waals surface area contributed by atoms with Gasteiger partial charge in [0.05, 0.1) is 0 Å². The molecule has 64 valence electrons. The molecule has 1 N–H and O–H groups in total. The quantitative estimate of drug-likeness (QED) is 0.620. The summed E-state index contributed by atoms with van der Waals surface area (Å²) in [7, 11) is 0. The summed E-state index contributed by atoms with van der Waals surface area (Å²) in [5.41, 5.74) is 1.99. The molecule has 11 heavy (non-hydrogen) atoms. The third-order valence-corrected chi connectivity index (χ3v) is 1.13. The van der Waals surface area contributed by atoms with Crippen molar-refractivity contribution in [2.75, 3.05) is 0 Å². The van der Waals surface area contributed by atoms with Crippen LogP contribution in [0, 0.1) is 0 Å². The average molecular weight is 169 g/mol. The lowest BCUT2D eigenvalue weighted by Gasteiger charge is -2.05. The van der Waals surface area contributed by atoms with Crippen molar-refractivity contribution in [1.29, 1.82) is 0 Å². The predicted molar refractivity (Wildman–Crippen MR) is 28.3 cm³/mol. The largest absolute Gasteiger partial charge is 0.492 e. The van der Waals surface area contributed by atoms with E-state index >= 15 is 0 Å². The molecule has 0 spiro atoms. The lowest BCUT2D eigenvalue weighted by atomic mass is 10.7. The number of alkyl halides is 3. The Balaban J connectivity index is 2.19. The SMILES string of the molecule is O=C(ONC1CC1)C(F)(F)F. The second-order valence-electron chi connectivity index (χ2n) is 2.28. The second kappa shape index (κ2) is 2.69. The molecule has 0 heterocycles. The first-order chi connectivity index (χ1) is 5.00. The Morgan fingerprint density at radius 2 is 2.00 bits per heavy atom. The first-order valence-electron chi connectivity index (χ1n) is 3.03. The molecule has 0 aromatic rings. The molecule has 0 atom stereocenters. The summed E-state index contributed by atoms with van der Waals surface area (Å²) in [5, 5.41) is 0. The van der Waals surface area contributed by atoms with E-state index in [1.807, 2.05) is 5.48 Å². The van der Waals surface area contributed by atoms with E-state index in [4.69, 9.17) is 0 Å². The van der Waals surface area contributed by atoms with Gasteiger partial charge in [0.1, 0.15) is 0 Å². The fourth-order valence-electron chi connectivity index (χ4n) is 0.396. The Morgan fingerprint density at radius 3 is 2.36 bits per heavy atom. The van der Waals surface area contributed by atoms with Crippen LogP contribution in [-0.2, 0) is 9.63 Å². The molecule has 0 aromatic heterocycles. The molecular formula is C5H6F3NO2. The summed E-state index contributed by atoms with van der Waals surface area (Å²) in [4.78, 5) is 13.7. The molecule has 1 saturated carbocycles. The molecule has 3 nitrogen and oxygen atoms in total. The zero-order chi connectivity index (χ0) is 8.48. The van der Waals surface area contributed by atoms with E-state index in [0.29, 0.717) is 0 Å². The van der Waals surface area contributed by atoms with Gasteiger partial charge in [-0.1, -0.05) is 0 Å². The summed E-state index contributed by atoms with van der Waals surface area (Å²) in [6, 6.07) is -0.0821. The highest BCUT2D eigenvalue weighted by molar-refractivity contribution is 5.75. The highest BCUT2D eigenvalue weighted by Gasteiger charge is 2.42. The van der Waals surface area contributed by atoms with E-state index in [9.17, 15) is 18.0 Å². The molecule has 1 aliphatic carbocycles. The van der Waals surface area contributed by atoms with Crippen LogP contribution < -0.4 is 5.48 Å². The number of carbonyl (C=O) groups excluding carboxylic acids is 1. The van der Waals surface area contributed by atoms with Gasteiger partial charge in [0.2, 0.25) is 0 Å². The number of halogens is 3. The first kappa shape index (κ1) is 8.32. The number of hydrogen-bond donors (Lipinski definition) is 1. The third kappa shape index (κ3) is 2.75. The lowest BCUT2D eigenvalue weighted by Crippen LogP contribution is -2.32. The molecule has 1 rings (SSSR count). The highest BCUT2D eigenvalue weighted by atomic mass is 19.4. The standard InChI is InChI=1S/C5H6F3NO2/c6-5(7,8)4(10)11-9-3-1-2-3/h3,9H,1-2H2. The third-order valence-electron chi connectivity index (χ3n) is 1.13. The summed E-state index contributed by atoms with van der Waals surface area (Å²) >= 11 is 0. The summed E-state index contributed by atoms with van der Waals surface area (Å²) in [5.74, 6) is -2.19. The van der Waals surface area contributed by atoms with Crippen LogP contribution in [0.5, 0.6) is 0 Å². The van der Waals surface area contributed by atoms with Gasteiger partial charge in [-0.15, -0.1) is 5.48 Å². The molecule has 1 fully saturated rings. The maximum atomic E-state index is 11.4. The number of hydroxylamine groups is 1. The van der Waals surface area contributed by atoms with E-state index in [2.05, 4.69) is 4.84 Å². The van der Waals surface area contributed by atoms with Crippen LogP contribution in [0.2, 0.25) is 0 Å². The number of carbonyl (C=O) groups is 1. The van der Waals surface area contributed by atoms with Crippen molar-refractivity contribution in [2.45, 2.75) is 25.1 Å². The molecule has 6 heteroatoms. The average Bonchev–Trinajstić information content (AvgIpc) is 2.62. The lowest BCUT2D eigenvalue weighted by molar-refractivity contribution is -0.207. The van der Waals surface area contributed by atoms with Crippen molar-refractivity contribution in [3.05, 3.63) is 0 Å². The fraction of sp³-hybridized carbons (Fsp3) is 0.800. The number of nitrogens with one attached hydrogen (secondary N) is 1. The molecular weight excluding hydrogens is 163 g/mol. The van der Waals surface area contributed by atoms with Gasteiger partial charge in [-0.05, 0) is 12.8 Å². The van der Waals surface area contributed by atoms with Gasteiger partial charge >= 0.3 is 12.1 Å². The topological polar surface area (TPSA) is 38.3 Å². The van der Waals surface area contributed by atoms with E-state index in [-0.39, 0.29) is 6.04 Å². The predicted octanol–water partition coefficient (Wildman–Crippen LogP) is 0.759. The number of hydrogen-bond acceptors (Lipinski definition) is 3. The van der Waals surface area contributed by atoms with Crippen LogP contribution >= 0.6 is 0 Å². The maximum Gasteiger partial charge on any atom is 0.492 e. The van der Waals surface area contributed by atoms with Crippen molar-refractivity contribution in [2.24, 2.45) is 0 Å². The second-order valence-corrected chi connectivity index (χ2v) is 2.28. The van der Waals surface area contributed by atoms with Crippen LogP contribution in [0.3, 0.4) is 0 Å². The Hall–Kier alpha value is -0.780. The van der Waals surface area contributed by atoms with Gasteiger partial charge in [0.15, 0.2) is 0 Å². The molecule has 0 saturated heterocycles. The van der Waals surface area contributed by atoms with E-state index < -0.39 is 12.1 Å². The normalized spacial score (nSPS) is 18.1. The Bertz CT molecular complexity index is 164. The zero-order valence-electron chi connectivity index (χ0n) is 5.44. The summed E-state index contributed by atoms with van der Waals surface area (Å²) in [6.07, 6.45) is -3.39. The molecule has 0 unspecified atom stereocenters. The molecule has 1 aliphatic rings. The van der Waals surface area contributed by atoms with Crippen molar-refractivity contribution >= 4 is 5.97 Å². The minimum absolute atomic E-state index is 0.0821. The fourth-order valence-corrected chi connectivity index (χ4v) is 0.396. The van der Waals surface area contributed by atoms with E-state index in [1.54, 1.807) is 0 Å². The Morgan fingerprint density at radius 1 is 1.45 bits per heavy atom. The van der Waals surface area contributed by atoms with Gasteiger partial charge in [-0.3, -0.25) is 0 Å². The minimum Gasteiger partial charge on any atom is -0.363 e. The van der Waals surface area contributed by atoms with E-state index in [1.165, 1.54) is 0 Å². The molecule has 0 aromatic carbocycles. The summed E-state index contributed by atoms with van der Waals surface area (Å²) in [6.45, 7) is 0. The van der Waals surface area contributed by atoms with Crippen LogP contribution in [0.1, 0.15) is 12.8 Å². The van der Waals surface area contributed by atoms with Crippen molar-refractivity contribution in [1.82, 2.24) is 5.48 Å². The van der Waals surface area contributed by atoms with Crippen LogP contribution in [0.25, 0.3) is 0 Å². The monoisotopic (exact) mass is 169 g/mol. The van der Waals surface area contributed by atoms with Crippen LogP contribution in [0.15, 0.2) is 0 Å². The Kier molecular flexibility index (Phi) is 2.03. The highest BCUT2D eigenvalue weighted by Crippen LogP contribution is 2.20. The van der Waals surface area contributed by atoms with Gasteiger partial charge < -0.3 is 4.84 Å². The molecule has 0 bridgehead atoms. The minimum atomic E-state index is -4.90. The molecule has 0 aliphatic heterocycles. The Labute approximate surface area is 60.5 Å². The summed E-state index contributed by atoms with van der Waals surface area (Å²) < 4.78 is 34.2. The van der Waals surface area contributed by atoms with Crippen molar-refractivity contribution in [3.8, 4) is 0 Å². The van der Waals surface area contributed by atoms with Gasteiger partial charge in [0.25, 0.3) is 0 Å². The zero-order valence-corrected chi connectivity index (χ0v) is 5.44. The van der Waals surface area contributed by atoms with Crippen molar-refractivity contribution < 1.29 is 22.8 Å².